The summed E-state index contributed by atoms with van der Waals surface area (Å²) in [5.41, 5.74) is 4.78. The second kappa shape index (κ2) is 6.38. The summed E-state index contributed by atoms with van der Waals surface area (Å²) in [7, 11) is -3.21. The van der Waals surface area contributed by atoms with Gasteiger partial charge in [-0.2, -0.15) is 0 Å². The van der Waals surface area contributed by atoms with Crippen molar-refractivity contribution in [2.45, 2.75) is 11.8 Å². The summed E-state index contributed by atoms with van der Waals surface area (Å²) in [5.74, 6) is 0. The maximum atomic E-state index is 11.6. The van der Waals surface area contributed by atoms with Gasteiger partial charge in [0.2, 0.25) is 0 Å². The predicted octanol–water partition coefficient (Wildman–Crippen LogP) is 4.78. The van der Waals surface area contributed by atoms with Crippen LogP contribution in [0.1, 0.15) is 5.69 Å². The van der Waals surface area contributed by atoms with Crippen LogP contribution in [-0.2, 0) is 9.84 Å². The molecule has 0 atom stereocenters. The van der Waals surface area contributed by atoms with Gasteiger partial charge in [-0.05, 0) is 53.9 Å². The van der Waals surface area contributed by atoms with Crippen molar-refractivity contribution in [3.8, 4) is 22.3 Å². The first-order chi connectivity index (χ1) is 11.3. The molecule has 5 heteroatoms. The van der Waals surface area contributed by atoms with Crippen molar-refractivity contribution in [1.82, 2.24) is 4.98 Å². The molecular formula is C19H16ClNO2S. The van der Waals surface area contributed by atoms with E-state index in [2.05, 4.69) is 4.98 Å². The summed E-state index contributed by atoms with van der Waals surface area (Å²) < 4.78 is 23.3. The average molecular weight is 357 g/mol. The van der Waals surface area contributed by atoms with Gasteiger partial charge in [-0.25, -0.2) is 8.42 Å². The minimum atomic E-state index is -3.21. The third-order valence-electron chi connectivity index (χ3n) is 3.80. The summed E-state index contributed by atoms with van der Waals surface area (Å²) in [6.07, 6.45) is 3.03. The highest BCUT2D eigenvalue weighted by Gasteiger charge is 2.11. The molecule has 3 aromatic rings. The fraction of sp³-hybridized carbons (Fsp3) is 0.105. The first-order valence-electron chi connectivity index (χ1n) is 7.38. The zero-order chi connectivity index (χ0) is 17.3. The molecule has 3 rings (SSSR count). The molecule has 1 aromatic heterocycles. The van der Waals surface area contributed by atoms with Gasteiger partial charge in [0.05, 0.1) is 4.90 Å². The van der Waals surface area contributed by atoms with Crippen molar-refractivity contribution in [1.29, 1.82) is 0 Å². The predicted molar refractivity (Wildman–Crippen MR) is 98.0 cm³/mol. The molecule has 0 unspecified atom stereocenters. The SMILES string of the molecule is Cc1ccc(-c2ccc(Cl)cc2-c2ccc(S([11CH3])(=O)=O)cc2)cn1. The van der Waals surface area contributed by atoms with Gasteiger partial charge in [-0.1, -0.05) is 35.9 Å². The molecule has 0 spiro atoms. The molecule has 0 saturated carbocycles. The van der Waals surface area contributed by atoms with E-state index in [1.807, 2.05) is 43.5 Å². The molecule has 0 N–H and O–H groups in total. The molecule has 0 saturated heterocycles. The maximum absolute atomic E-state index is 11.6. The Kier molecular flexibility index (Phi) is 4.43. The molecule has 122 valence electrons. The second-order valence-corrected chi connectivity index (χ2v) is 8.13. The van der Waals surface area contributed by atoms with E-state index in [4.69, 9.17) is 11.6 Å². The quantitative estimate of drug-likeness (QED) is 0.678. The number of rotatable bonds is 3. The number of hydrogen-bond acceptors (Lipinski definition) is 3. The number of pyridine rings is 1. The van der Waals surface area contributed by atoms with Gasteiger partial charge in [-0.15, -0.1) is 0 Å². The zero-order valence-electron chi connectivity index (χ0n) is 13.3. The van der Waals surface area contributed by atoms with Crippen LogP contribution in [0.4, 0.5) is 0 Å². The topological polar surface area (TPSA) is 47.0 Å². The molecule has 0 aliphatic heterocycles. The van der Waals surface area contributed by atoms with E-state index in [1.165, 1.54) is 6.26 Å². The highest BCUT2D eigenvalue weighted by Crippen LogP contribution is 2.34. The molecule has 0 amide bonds. The number of hydrogen-bond donors (Lipinski definition) is 0. The molecule has 1 heterocycles. The van der Waals surface area contributed by atoms with Crippen molar-refractivity contribution < 1.29 is 8.42 Å². The molecule has 0 radical (unpaired) electrons. The van der Waals surface area contributed by atoms with E-state index in [1.54, 1.807) is 24.3 Å². The number of benzene rings is 2. The fourth-order valence-electron chi connectivity index (χ4n) is 2.52. The van der Waals surface area contributed by atoms with Crippen LogP contribution in [0.3, 0.4) is 0 Å². The summed E-state index contributed by atoms with van der Waals surface area (Å²) in [4.78, 5) is 4.64. The smallest absolute Gasteiger partial charge is 0.175 e. The summed E-state index contributed by atoms with van der Waals surface area (Å²) >= 11 is 6.17. The van der Waals surface area contributed by atoms with Gasteiger partial charge in [0.25, 0.3) is 0 Å². The third-order valence-corrected chi connectivity index (χ3v) is 5.16. The van der Waals surface area contributed by atoms with E-state index in [0.717, 1.165) is 27.9 Å². The van der Waals surface area contributed by atoms with Gasteiger partial charge in [0.1, 0.15) is 0 Å². The Balaban J connectivity index is 2.13. The number of sulfone groups is 1. The molecular weight excluding hydrogens is 341 g/mol. The first-order valence-corrected chi connectivity index (χ1v) is 9.64. The highest BCUT2D eigenvalue weighted by molar-refractivity contribution is 7.90. The van der Waals surface area contributed by atoms with E-state index in [9.17, 15) is 8.42 Å². The monoisotopic (exact) mass is 356 g/mol. The van der Waals surface area contributed by atoms with Crippen molar-refractivity contribution in [3.63, 3.8) is 0 Å². The standard InChI is InChI=1S/C19H16ClNO2S/c1-13-3-4-15(12-21-13)18-10-7-16(20)11-19(18)14-5-8-17(9-6-14)24(2,22)23/h3-12H,1-2H3/i2-1. The lowest BCUT2D eigenvalue weighted by Gasteiger charge is -2.11. The van der Waals surface area contributed by atoms with Crippen LogP contribution in [0.2, 0.25) is 5.02 Å². The van der Waals surface area contributed by atoms with Crippen molar-refractivity contribution in [2.24, 2.45) is 0 Å². The number of halogens is 1. The van der Waals surface area contributed by atoms with E-state index < -0.39 is 9.84 Å². The van der Waals surface area contributed by atoms with Gasteiger partial charge in [0, 0.05) is 28.7 Å². The Morgan fingerprint density at radius 3 is 2.12 bits per heavy atom. The van der Waals surface area contributed by atoms with Crippen LogP contribution in [0.15, 0.2) is 65.7 Å². The zero-order valence-corrected chi connectivity index (χ0v) is 14.9. The molecule has 0 aliphatic carbocycles. The van der Waals surface area contributed by atoms with Crippen LogP contribution in [0, 0.1) is 6.92 Å². The Morgan fingerprint density at radius 2 is 1.54 bits per heavy atom. The number of aryl methyl sites for hydroxylation is 1. The van der Waals surface area contributed by atoms with Gasteiger partial charge in [-0.3, -0.25) is 4.98 Å². The lowest BCUT2D eigenvalue weighted by molar-refractivity contribution is 0.602. The molecule has 24 heavy (non-hydrogen) atoms. The average Bonchev–Trinajstić information content (AvgIpc) is 2.55. The molecule has 0 fully saturated rings. The third kappa shape index (κ3) is 3.50. The van der Waals surface area contributed by atoms with Gasteiger partial charge >= 0.3 is 0 Å². The van der Waals surface area contributed by atoms with E-state index >= 15 is 0 Å². The van der Waals surface area contributed by atoms with Crippen molar-refractivity contribution in [3.05, 3.63) is 71.5 Å². The Morgan fingerprint density at radius 1 is 0.875 bits per heavy atom. The summed E-state index contributed by atoms with van der Waals surface area (Å²) in [6.45, 7) is 1.94. The van der Waals surface area contributed by atoms with Crippen LogP contribution in [-0.4, -0.2) is 19.7 Å². The highest BCUT2D eigenvalue weighted by atomic mass is 35.5. The van der Waals surface area contributed by atoms with Crippen LogP contribution in [0.5, 0.6) is 0 Å². The summed E-state index contributed by atoms with van der Waals surface area (Å²) in [6, 6.07) is 16.5. The fourth-order valence-corrected chi connectivity index (χ4v) is 3.32. The van der Waals surface area contributed by atoms with E-state index in [-0.39, 0.29) is 0 Å². The minimum Gasteiger partial charge on any atom is -0.261 e. The van der Waals surface area contributed by atoms with Gasteiger partial charge < -0.3 is 0 Å². The molecule has 0 bridgehead atoms. The molecule has 0 aliphatic rings. The lowest BCUT2D eigenvalue weighted by atomic mass is 9.95. The van der Waals surface area contributed by atoms with Crippen LogP contribution >= 0.6 is 11.6 Å². The second-order valence-electron chi connectivity index (χ2n) is 5.67. The van der Waals surface area contributed by atoms with Gasteiger partial charge in [0.15, 0.2) is 9.84 Å². The molecule has 3 nitrogen and oxygen atoms in total. The lowest BCUT2D eigenvalue weighted by Crippen LogP contribution is -1.96. The first kappa shape index (κ1) is 16.7. The summed E-state index contributed by atoms with van der Waals surface area (Å²) in [5, 5.41) is 0.626. The largest absolute Gasteiger partial charge is 0.261 e. The Bertz CT molecular complexity index is 979. The van der Waals surface area contributed by atoms with Crippen molar-refractivity contribution in [2.75, 3.05) is 6.26 Å². The normalized spacial score (nSPS) is 11.5. The van der Waals surface area contributed by atoms with E-state index in [0.29, 0.717) is 9.92 Å². The van der Waals surface area contributed by atoms with Crippen molar-refractivity contribution >= 4 is 21.4 Å². The Labute approximate surface area is 146 Å². The minimum absolute atomic E-state index is 0.298. The number of nitrogens with zero attached hydrogens (tertiary/aromatic N) is 1. The maximum Gasteiger partial charge on any atom is 0.175 e. The Hall–Kier alpha value is -2.17. The number of aromatic nitrogens is 1. The van der Waals surface area contributed by atoms with Crippen LogP contribution in [0.25, 0.3) is 22.3 Å². The molecule has 2 aromatic carbocycles. The van der Waals surface area contributed by atoms with Crippen LogP contribution < -0.4 is 0 Å².